The molecule has 112 valence electrons. The standard InChI is InChI=1S/C14H26N2O2.ClH/c1-11-3-2-4-12(9-11)5-6-16-14(17)13-10-15-7-8-18-13;/h11-13,15H,2-10H2,1H3,(H,16,17);1H. The van der Waals surface area contributed by atoms with E-state index >= 15 is 0 Å². The Morgan fingerprint density at radius 1 is 1.42 bits per heavy atom. The molecule has 1 saturated heterocycles. The van der Waals surface area contributed by atoms with E-state index in [0.717, 1.165) is 31.3 Å². The number of hydrogen-bond acceptors (Lipinski definition) is 3. The van der Waals surface area contributed by atoms with Gasteiger partial charge >= 0.3 is 0 Å². The molecule has 0 spiro atoms. The molecule has 19 heavy (non-hydrogen) atoms. The van der Waals surface area contributed by atoms with Crippen molar-refractivity contribution in [2.45, 2.75) is 45.1 Å². The lowest BCUT2D eigenvalue weighted by atomic mass is 9.81. The second kappa shape index (κ2) is 8.77. The molecule has 1 aliphatic carbocycles. The normalized spacial score (nSPS) is 31.3. The molecule has 1 aliphatic heterocycles. The summed E-state index contributed by atoms with van der Waals surface area (Å²) in [4.78, 5) is 11.8. The maximum atomic E-state index is 11.8. The maximum absolute atomic E-state index is 11.8. The van der Waals surface area contributed by atoms with Crippen molar-refractivity contribution in [2.24, 2.45) is 11.8 Å². The zero-order chi connectivity index (χ0) is 12.8. The monoisotopic (exact) mass is 290 g/mol. The second-order valence-electron chi connectivity index (χ2n) is 5.78. The number of morpholine rings is 1. The summed E-state index contributed by atoms with van der Waals surface area (Å²) in [5, 5.41) is 6.19. The summed E-state index contributed by atoms with van der Waals surface area (Å²) in [5.74, 6) is 1.72. The van der Waals surface area contributed by atoms with Crippen molar-refractivity contribution < 1.29 is 9.53 Å². The second-order valence-corrected chi connectivity index (χ2v) is 5.78. The number of ether oxygens (including phenoxy) is 1. The lowest BCUT2D eigenvalue weighted by molar-refractivity contribution is -0.134. The molecule has 2 N–H and O–H groups in total. The molecule has 1 amide bonds. The third-order valence-corrected chi connectivity index (χ3v) is 4.12. The first-order valence-electron chi connectivity index (χ1n) is 7.35. The van der Waals surface area contributed by atoms with Crippen molar-refractivity contribution in [1.82, 2.24) is 10.6 Å². The molecular formula is C14H27ClN2O2. The van der Waals surface area contributed by atoms with Crippen LogP contribution in [-0.2, 0) is 9.53 Å². The number of rotatable bonds is 4. The molecule has 0 aromatic rings. The minimum Gasteiger partial charge on any atom is -0.366 e. The van der Waals surface area contributed by atoms with Crippen LogP contribution in [0.1, 0.15) is 39.0 Å². The van der Waals surface area contributed by atoms with E-state index in [-0.39, 0.29) is 24.4 Å². The highest BCUT2D eigenvalue weighted by Crippen LogP contribution is 2.30. The molecule has 3 unspecified atom stereocenters. The highest BCUT2D eigenvalue weighted by Gasteiger charge is 2.22. The molecule has 4 nitrogen and oxygen atoms in total. The van der Waals surface area contributed by atoms with Crippen molar-refractivity contribution in [1.29, 1.82) is 0 Å². The first kappa shape index (κ1) is 16.7. The zero-order valence-electron chi connectivity index (χ0n) is 11.8. The van der Waals surface area contributed by atoms with Crippen LogP contribution in [0.2, 0.25) is 0 Å². The molecule has 2 rings (SSSR count). The van der Waals surface area contributed by atoms with Crippen LogP contribution in [0.5, 0.6) is 0 Å². The van der Waals surface area contributed by atoms with Crippen LogP contribution in [0.15, 0.2) is 0 Å². The van der Waals surface area contributed by atoms with E-state index in [1.165, 1.54) is 25.7 Å². The minimum atomic E-state index is -0.288. The average Bonchev–Trinajstić information content (AvgIpc) is 2.40. The van der Waals surface area contributed by atoms with Gasteiger partial charge in [0.2, 0.25) is 5.91 Å². The van der Waals surface area contributed by atoms with Crippen molar-refractivity contribution >= 4 is 18.3 Å². The lowest BCUT2D eigenvalue weighted by Gasteiger charge is -2.27. The number of nitrogens with one attached hydrogen (secondary N) is 2. The van der Waals surface area contributed by atoms with Gasteiger partial charge in [-0.3, -0.25) is 4.79 Å². The van der Waals surface area contributed by atoms with E-state index in [1.807, 2.05) is 0 Å². The van der Waals surface area contributed by atoms with Gasteiger partial charge < -0.3 is 15.4 Å². The van der Waals surface area contributed by atoms with Gasteiger partial charge in [0.25, 0.3) is 0 Å². The van der Waals surface area contributed by atoms with Crippen LogP contribution in [0.25, 0.3) is 0 Å². The smallest absolute Gasteiger partial charge is 0.250 e. The minimum absolute atomic E-state index is 0. The zero-order valence-corrected chi connectivity index (χ0v) is 12.6. The van der Waals surface area contributed by atoms with Crippen LogP contribution >= 0.6 is 12.4 Å². The third-order valence-electron chi connectivity index (χ3n) is 4.12. The predicted octanol–water partition coefficient (Wildman–Crippen LogP) is 1.73. The van der Waals surface area contributed by atoms with E-state index < -0.39 is 0 Å². The van der Waals surface area contributed by atoms with Crippen molar-refractivity contribution in [3.8, 4) is 0 Å². The topological polar surface area (TPSA) is 50.4 Å². The Bertz CT molecular complexity index is 270. The van der Waals surface area contributed by atoms with Crippen molar-refractivity contribution in [3.05, 3.63) is 0 Å². The number of halogens is 1. The average molecular weight is 291 g/mol. The molecule has 5 heteroatoms. The fourth-order valence-corrected chi connectivity index (χ4v) is 3.07. The summed E-state index contributed by atoms with van der Waals surface area (Å²) in [6.07, 6.45) is 6.24. The first-order valence-corrected chi connectivity index (χ1v) is 7.35. The number of carbonyl (C=O) groups is 1. The van der Waals surface area contributed by atoms with Gasteiger partial charge in [-0.15, -0.1) is 12.4 Å². The largest absolute Gasteiger partial charge is 0.366 e. The Morgan fingerprint density at radius 3 is 2.95 bits per heavy atom. The van der Waals surface area contributed by atoms with Crippen LogP contribution in [-0.4, -0.2) is 38.3 Å². The summed E-state index contributed by atoms with van der Waals surface area (Å²) in [5.41, 5.74) is 0. The van der Waals surface area contributed by atoms with Gasteiger partial charge in [0.1, 0.15) is 6.10 Å². The highest BCUT2D eigenvalue weighted by atomic mass is 35.5. The molecule has 2 fully saturated rings. The fraction of sp³-hybridized carbons (Fsp3) is 0.929. The molecule has 3 atom stereocenters. The Morgan fingerprint density at radius 2 is 2.26 bits per heavy atom. The van der Waals surface area contributed by atoms with Gasteiger partial charge in [0, 0.05) is 19.6 Å². The third kappa shape index (κ3) is 5.67. The van der Waals surface area contributed by atoms with Gasteiger partial charge in [-0.25, -0.2) is 0 Å². The van der Waals surface area contributed by atoms with Gasteiger partial charge in [-0.05, 0) is 24.7 Å². The Labute approximate surface area is 122 Å². The van der Waals surface area contributed by atoms with Crippen molar-refractivity contribution in [3.63, 3.8) is 0 Å². The summed E-state index contributed by atoms with van der Waals surface area (Å²) in [6, 6.07) is 0. The number of carbonyl (C=O) groups excluding carboxylic acids is 1. The van der Waals surface area contributed by atoms with Gasteiger partial charge in [-0.1, -0.05) is 26.2 Å². The van der Waals surface area contributed by atoms with E-state index in [9.17, 15) is 4.79 Å². The molecule has 2 aliphatic rings. The van der Waals surface area contributed by atoms with Crippen LogP contribution in [0.4, 0.5) is 0 Å². The van der Waals surface area contributed by atoms with E-state index in [0.29, 0.717) is 13.2 Å². The SMILES string of the molecule is CC1CCCC(CCNC(=O)C2CNCCO2)C1.Cl. The molecule has 0 aromatic carbocycles. The van der Waals surface area contributed by atoms with E-state index in [2.05, 4.69) is 17.6 Å². The summed E-state index contributed by atoms with van der Waals surface area (Å²) < 4.78 is 5.42. The van der Waals surface area contributed by atoms with Gasteiger partial charge in [0.15, 0.2) is 0 Å². The molecular weight excluding hydrogens is 264 g/mol. The summed E-state index contributed by atoms with van der Waals surface area (Å²) >= 11 is 0. The molecule has 0 bridgehead atoms. The van der Waals surface area contributed by atoms with Crippen LogP contribution < -0.4 is 10.6 Å². The fourth-order valence-electron chi connectivity index (χ4n) is 3.07. The molecule has 1 heterocycles. The summed E-state index contributed by atoms with van der Waals surface area (Å²) in [6.45, 7) is 5.27. The van der Waals surface area contributed by atoms with Crippen LogP contribution in [0.3, 0.4) is 0 Å². The number of hydrogen-bond donors (Lipinski definition) is 2. The molecule has 1 saturated carbocycles. The Hall–Kier alpha value is -0.320. The Balaban J connectivity index is 0.00000180. The first-order chi connectivity index (χ1) is 8.75. The van der Waals surface area contributed by atoms with Crippen molar-refractivity contribution in [2.75, 3.05) is 26.2 Å². The molecule has 0 aromatic heterocycles. The maximum Gasteiger partial charge on any atom is 0.250 e. The van der Waals surface area contributed by atoms with E-state index in [4.69, 9.17) is 4.74 Å². The Kier molecular flexibility index (Phi) is 7.73. The number of amides is 1. The predicted molar refractivity (Wildman–Crippen MR) is 78.6 cm³/mol. The van der Waals surface area contributed by atoms with Gasteiger partial charge in [-0.2, -0.15) is 0 Å². The van der Waals surface area contributed by atoms with Crippen LogP contribution in [0, 0.1) is 11.8 Å². The quantitative estimate of drug-likeness (QED) is 0.829. The highest BCUT2D eigenvalue weighted by molar-refractivity contribution is 5.85. The van der Waals surface area contributed by atoms with Gasteiger partial charge in [0.05, 0.1) is 6.61 Å². The summed E-state index contributed by atoms with van der Waals surface area (Å²) in [7, 11) is 0. The lowest BCUT2D eigenvalue weighted by Crippen LogP contribution is -2.48. The van der Waals surface area contributed by atoms with E-state index in [1.54, 1.807) is 0 Å². The molecule has 0 radical (unpaired) electrons.